The summed E-state index contributed by atoms with van der Waals surface area (Å²) in [4.78, 5) is 11.1. The van der Waals surface area contributed by atoms with E-state index < -0.39 is 24.0 Å². The molecule has 1 aromatic heterocycles. The van der Waals surface area contributed by atoms with Crippen LogP contribution in [-0.2, 0) is 17.6 Å². The van der Waals surface area contributed by atoms with Gasteiger partial charge in [-0.3, -0.25) is 0 Å². The summed E-state index contributed by atoms with van der Waals surface area (Å²) in [5.41, 5.74) is -1.31. The molecule has 1 N–H and O–H groups in total. The first-order valence-electron chi connectivity index (χ1n) is 8.95. The molecule has 0 saturated carbocycles. The Labute approximate surface area is 168 Å². The molecule has 0 fully saturated rings. The van der Waals surface area contributed by atoms with Crippen molar-refractivity contribution >= 4 is 31.9 Å². The molecule has 0 bridgehead atoms. The fraction of sp³-hybridized carbons (Fsp3) is 0.632. The van der Waals surface area contributed by atoms with Gasteiger partial charge < -0.3 is 10.1 Å². The molecule has 9 heteroatoms. The van der Waals surface area contributed by atoms with Gasteiger partial charge in [0, 0.05) is 18.3 Å². The van der Waals surface area contributed by atoms with Gasteiger partial charge in [0.1, 0.15) is 11.3 Å². The first-order chi connectivity index (χ1) is 13.0. The molecule has 0 saturated heterocycles. The Kier molecular flexibility index (Phi) is 9.36. The Hall–Kier alpha value is -1.19. The summed E-state index contributed by atoms with van der Waals surface area (Å²) in [5, 5.41) is 4.58. The molecule has 1 heterocycles. The second-order valence-electron chi connectivity index (χ2n) is 6.69. The highest BCUT2D eigenvalue weighted by Gasteiger charge is 2.53. The first-order valence-corrected chi connectivity index (χ1v) is 10.3. The van der Waals surface area contributed by atoms with Crippen molar-refractivity contribution in [2.75, 3.05) is 12.4 Å². The smallest absolute Gasteiger partial charge is 0.379 e. The van der Waals surface area contributed by atoms with Crippen LogP contribution in [0.25, 0.3) is 0 Å². The standard InChI is InChI=1S/C15H21NS.C4H4F5OP/c1-4-5-6-7-13-12-9-8-11(2)10-14(12)17-15(13)16-3;5-3(6,7)2(1-10)4(8,9)11/h11,16H,4-5,8-10H2,1-3H3;1-2H,11H2. The molecule has 3 unspecified atom stereocenters. The number of carbonyl (C=O) groups excluding carboxylic acids is 1. The van der Waals surface area contributed by atoms with Crippen molar-refractivity contribution in [2.24, 2.45) is 11.8 Å². The summed E-state index contributed by atoms with van der Waals surface area (Å²) in [6.07, 6.45) is -0.0836. The van der Waals surface area contributed by atoms with Crippen molar-refractivity contribution in [3.05, 3.63) is 16.0 Å². The molecule has 0 aliphatic heterocycles. The van der Waals surface area contributed by atoms with E-state index in [1.165, 1.54) is 35.4 Å². The number of hydrogen-bond acceptors (Lipinski definition) is 3. The van der Waals surface area contributed by atoms with Gasteiger partial charge in [-0.25, -0.2) is 8.78 Å². The van der Waals surface area contributed by atoms with E-state index in [-0.39, 0.29) is 0 Å². The molecule has 3 atom stereocenters. The zero-order valence-corrected chi connectivity index (χ0v) is 18.0. The number of aldehydes is 1. The monoisotopic (exact) mass is 441 g/mol. The van der Waals surface area contributed by atoms with Gasteiger partial charge in [0.25, 0.3) is 5.66 Å². The molecular formula is C19H25F5NOPS. The third kappa shape index (κ3) is 7.00. The Morgan fingerprint density at radius 2 is 2.00 bits per heavy atom. The third-order valence-corrected chi connectivity index (χ3v) is 5.86. The zero-order valence-electron chi connectivity index (χ0n) is 16.1. The number of anilines is 1. The molecule has 0 radical (unpaired) electrons. The Balaban J connectivity index is 0.000000311. The second kappa shape index (κ2) is 10.5. The quantitative estimate of drug-likeness (QED) is 0.273. The molecular weight excluding hydrogens is 416 g/mol. The average molecular weight is 441 g/mol. The van der Waals surface area contributed by atoms with Crippen molar-refractivity contribution < 1.29 is 26.7 Å². The van der Waals surface area contributed by atoms with Crippen molar-refractivity contribution in [1.29, 1.82) is 0 Å². The van der Waals surface area contributed by atoms with Crippen molar-refractivity contribution in [3.8, 4) is 11.8 Å². The van der Waals surface area contributed by atoms with Crippen LogP contribution < -0.4 is 5.32 Å². The highest BCUT2D eigenvalue weighted by atomic mass is 32.1. The largest absolute Gasteiger partial charge is 0.404 e. The number of fused-ring (bicyclic) bond motifs is 1. The number of rotatable bonds is 4. The van der Waals surface area contributed by atoms with Crippen molar-refractivity contribution in [1.82, 2.24) is 0 Å². The molecule has 1 aromatic rings. The third-order valence-electron chi connectivity index (χ3n) is 4.23. The van der Waals surface area contributed by atoms with Crippen LogP contribution in [0.1, 0.15) is 49.1 Å². The van der Waals surface area contributed by atoms with E-state index in [4.69, 9.17) is 0 Å². The van der Waals surface area contributed by atoms with E-state index in [9.17, 15) is 26.7 Å². The summed E-state index contributed by atoms with van der Waals surface area (Å²) in [7, 11) is 2.68. The van der Waals surface area contributed by atoms with E-state index >= 15 is 0 Å². The number of unbranched alkanes of at least 4 members (excludes halogenated alkanes) is 1. The molecule has 28 heavy (non-hydrogen) atoms. The maximum atomic E-state index is 11.9. The van der Waals surface area contributed by atoms with Crippen LogP contribution in [0.4, 0.5) is 27.0 Å². The topological polar surface area (TPSA) is 29.1 Å². The number of nitrogens with one attached hydrogen (secondary N) is 1. The summed E-state index contributed by atoms with van der Waals surface area (Å²) >= 11 is 1.91. The van der Waals surface area contributed by atoms with Crippen LogP contribution in [-0.4, -0.2) is 25.2 Å². The van der Waals surface area contributed by atoms with Gasteiger partial charge in [-0.15, -0.1) is 11.3 Å². The van der Waals surface area contributed by atoms with E-state index in [1.807, 2.05) is 18.4 Å². The van der Waals surface area contributed by atoms with Crippen LogP contribution >= 0.6 is 20.6 Å². The van der Waals surface area contributed by atoms with Gasteiger partial charge in [0.15, 0.2) is 5.92 Å². The maximum Gasteiger partial charge on any atom is 0.404 e. The van der Waals surface area contributed by atoms with Crippen molar-refractivity contribution in [3.63, 3.8) is 0 Å². The first kappa shape index (κ1) is 24.8. The maximum absolute atomic E-state index is 11.9. The minimum absolute atomic E-state index is 0.678. The summed E-state index contributed by atoms with van der Waals surface area (Å²) in [5.74, 6) is 4.28. The molecule has 158 valence electrons. The second-order valence-corrected chi connectivity index (χ2v) is 8.56. The van der Waals surface area contributed by atoms with Crippen LogP contribution in [0.15, 0.2) is 0 Å². The predicted molar refractivity (Wildman–Crippen MR) is 107 cm³/mol. The predicted octanol–water partition coefficient (Wildman–Crippen LogP) is 5.90. The van der Waals surface area contributed by atoms with Gasteiger partial charge in [-0.05, 0) is 37.2 Å². The van der Waals surface area contributed by atoms with Gasteiger partial charge in [-0.2, -0.15) is 13.2 Å². The molecule has 1 aliphatic carbocycles. The molecule has 0 spiro atoms. The van der Waals surface area contributed by atoms with Gasteiger partial charge in [-0.1, -0.05) is 34.9 Å². The zero-order chi connectivity index (χ0) is 21.5. The molecule has 2 rings (SSSR count). The lowest BCUT2D eigenvalue weighted by Crippen LogP contribution is -2.36. The minimum atomic E-state index is -5.19. The average Bonchev–Trinajstić information content (AvgIpc) is 2.90. The number of hydrogen-bond donors (Lipinski definition) is 1. The van der Waals surface area contributed by atoms with E-state index in [0.717, 1.165) is 18.8 Å². The Morgan fingerprint density at radius 3 is 2.43 bits per heavy atom. The van der Waals surface area contributed by atoms with E-state index in [2.05, 4.69) is 31.0 Å². The summed E-state index contributed by atoms with van der Waals surface area (Å²) < 4.78 is 58.3. The van der Waals surface area contributed by atoms with Crippen LogP contribution in [0, 0.1) is 23.7 Å². The minimum Gasteiger partial charge on any atom is -0.379 e. The SMILES string of the molecule is CCCC#Cc1c(NC)sc2c1CCC(C)C2.O=CC(C(F)(F)F)C(F)(F)P. The lowest BCUT2D eigenvalue weighted by Gasteiger charge is -2.19. The lowest BCUT2D eigenvalue weighted by molar-refractivity contribution is -0.207. The Morgan fingerprint density at radius 1 is 1.36 bits per heavy atom. The molecule has 2 nitrogen and oxygen atoms in total. The van der Waals surface area contributed by atoms with Gasteiger partial charge >= 0.3 is 6.18 Å². The van der Waals surface area contributed by atoms with Crippen LogP contribution in [0.5, 0.6) is 0 Å². The van der Waals surface area contributed by atoms with E-state index in [1.54, 1.807) is 4.88 Å². The summed E-state index contributed by atoms with van der Waals surface area (Å²) in [6.45, 7) is 4.53. The normalized spacial score (nSPS) is 17.4. The fourth-order valence-electron chi connectivity index (χ4n) is 2.72. The lowest BCUT2D eigenvalue weighted by atomic mass is 9.88. The summed E-state index contributed by atoms with van der Waals surface area (Å²) in [6, 6.07) is 0. The van der Waals surface area contributed by atoms with Crippen LogP contribution in [0.3, 0.4) is 0 Å². The van der Waals surface area contributed by atoms with Gasteiger partial charge in [0.2, 0.25) is 0 Å². The number of halogens is 5. The molecule has 1 aliphatic rings. The van der Waals surface area contributed by atoms with Crippen molar-refractivity contribution in [2.45, 2.75) is 57.8 Å². The fourth-order valence-corrected chi connectivity index (χ4v) is 4.31. The molecule has 0 aromatic carbocycles. The number of carbonyl (C=O) groups is 1. The van der Waals surface area contributed by atoms with Crippen LogP contribution in [0.2, 0.25) is 0 Å². The highest BCUT2D eigenvalue weighted by molar-refractivity contribution is 7.18. The highest BCUT2D eigenvalue weighted by Crippen LogP contribution is 2.41. The van der Waals surface area contributed by atoms with Gasteiger partial charge in [0.05, 0.1) is 5.56 Å². The van der Waals surface area contributed by atoms with E-state index in [0.29, 0.717) is 9.24 Å². The number of alkyl halides is 5. The Bertz CT molecular complexity index is 701. The number of thiophene rings is 1. The molecule has 0 amide bonds.